The van der Waals surface area contributed by atoms with Crippen molar-refractivity contribution >= 4 is 38.7 Å². The second-order valence-corrected chi connectivity index (χ2v) is 8.51. The van der Waals surface area contributed by atoms with Crippen molar-refractivity contribution in [1.82, 2.24) is 5.32 Å². The first-order chi connectivity index (χ1) is 13.7. The number of nitrogens with zero attached hydrogens (tertiary/aromatic N) is 1. The van der Waals surface area contributed by atoms with E-state index in [4.69, 9.17) is 21.1 Å². The van der Waals surface area contributed by atoms with Crippen molar-refractivity contribution < 1.29 is 27.6 Å². The number of ether oxygens (including phenoxy) is 2. The molecule has 0 aromatic heterocycles. The molecule has 1 aliphatic rings. The van der Waals surface area contributed by atoms with Crippen LogP contribution >= 0.6 is 11.6 Å². The van der Waals surface area contributed by atoms with Gasteiger partial charge in [-0.2, -0.15) is 0 Å². The van der Waals surface area contributed by atoms with E-state index >= 15 is 0 Å². The van der Waals surface area contributed by atoms with Crippen molar-refractivity contribution in [3.63, 3.8) is 0 Å². The van der Waals surface area contributed by atoms with Crippen LogP contribution in [0.5, 0.6) is 11.5 Å². The first-order valence-corrected chi connectivity index (χ1v) is 10.5. The lowest BCUT2D eigenvalue weighted by molar-refractivity contribution is -0.384. The number of sulfone groups is 1. The zero-order valence-electron chi connectivity index (χ0n) is 15.1. The summed E-state index contributed by atoms with van der Waals surface area (Å²) in [5, 5.41) is 16.9. The van der Waals surface area contributed by atoms with Gasteiger partial charge in [0.25, 0.3) is 11.6 Å². The molecule has 0 unspecified atom stereocenters. The third kappa shape index (κ3) is 4.69. The maximum absolute atomic E-state index is 12.3. The molecule has 0 aliphatic carbocycles. The number of benzene rings is 2. The van der Waals surface area contributed by atoms with Gasteiger partial charge in [0.15, 0.2) is 21.3 Å². The number of hydrogen-bond donors (Lipinski definition) is 2. The van der Waals surface area contributed by atoms with Gasteiger partial charge in [0.05, 0.1) is 14.8 Å². The van der Waals surface area contributed by atoms with Crippen LogP contribution in [0, 0.1) is 10.1 Å². The highest BCUT2D eigenvalue weighted by molar-refractivity contribution is 7.90. The molecule has 3 rings (SSSR count). The molecule has 0 saturated carbocycles. The van der Waals surface area contributed by atoms with Crippen LogP contribution in [0.15, 0.2) is 35.2 Å². The van der Waals surface area contributed by atoms with Crippen LogP contribution in [-0.4, -0.2) is 45.4 Å². The molecule has 2 aromatic carbocycles. The number of hydrogen-bond acceptors (Lipinski definition) is 8. The van der Waals surface area contributed by atoms with Gasteiger partial charge in [0.2, 0.25) is 6.79 Å². The smallest absolute Gasteiger partial charge is 0.293 e. The van der Waals surface area contributed by atoms with Gasteiger partial charge in [-0.15, -0.1) is 0 Å². The highest BCUT2D eigenvalue weighted by Crippen LogP contribution is 2.39. The quantitative estimate of drug-likeness (QED) is 0.379. The number of nitro benzene ring substituents is 1. The topological polar surface area (TPSA) is 137 Å². The minimum Gasteiger partial charge on any atom is -0.454 e. The molecule has 1 heterocycles. The number of anilines is 1. The Kier molecular flexibility index (Phi) is 5.80. The zero-order valence-corrected chi connectivity index (χ0v) is 16.7. The minimum absolute atomic E-state index is 0.0287. The molecule has 12 heteroatoms. The molecular weight excluding hydrogens is 426 g/mol. The van der Waals surface area contributed by atoms with Crippen LogP contribution in [0.1, 0.15) is 10.4 Å². The highest BCUT2D eigenvalue weighted by Gasteiger charge is 2.21. The monoisotopic (exact) mass is 441 g/mol. The Hall–Kier alpha value is -3.05. The summed E-state index contributed by atoms with van der Waals surface area (Å²) in [6.07, 6.45) is 0.969. The Morgan fingerprint density at radius 3 is 2.69 bits per heavy atom. The first-order valence-electron chi connectivity index (χ1n) is 8.26. The van der Waals surface area contributed by atoms with Crippen molar-refractivity contribution in [1.29, 1.82) is 0 Å². The molecule has 1 aliphatic heterocycles. The Bertz CT molecular complexity index is 1090. The van der Waals surface area contributed by atoms with Crippen LogP contribution in [0.3, 0.4) is 0 Å². The zero-order chi connectivity index (χ0) is 21.2. The van der Waals surface area contributed by atoms with Gasteiger partial charge in [-0.25, -0.2) is 8.42 Å². The third-order valence-corrected chi connectivity index (χ3v) is 5.40. The largest absolute Gasteiger partial charge is 0.454 e. The van der Waals surface area contributed by atoms with E-state index in [0.717, 1.165) is 12.3 Å². The van der Waals surface area contributed by atoms with Gasteiger partial charge in [-0.3, -0.25) is 14.9 Å². The summed E-state index contributed by atoms with van der Waals surface area (Å²) in [7, 11) is -3.57. The lowest BCUT2D eigenvalue weighted by Crippen LogP contribution is -2.28. The summed E-state index contributed by atoms with van der Waals surface area (Å²) in [6.45, 7) is 0.347. The third-order valence-electron chi connectivity index (χ3n) is 4.01. The lowest BCUT2D eigenvalue weighted by Gasteiger charge is -2.10. The Labute approximate surface area is 170 Å². The number of halogens is 1. The number of nitro groups is 1. The number of carbonyl (C=O) groups excluding carboxylic acids is 1. The van der Waals surface area contributed by atoms with Crippen LogP contribution < -0.4 is 20.1 Å². The van der Waals surface area contributed by atoms with E-state index in [-0.39, 0.29) is 46.7 Å². The summed E-state index contributed by atoms with van der Waals surface area (Å²) in [4.78, 5) is 22.7. The van der Waals surface area contributed by atoms with E-state index in [1.54, 1.807) is 0 Å². The van der Waals surface area contributed by atoms with E-state index in [1.807, 2.05) is 0 Å². The van der Waals surface area contributed by atoms with Crippen LogP contribution in [0.4, 0.5) is 11.4 Å². The van der Waals surface area contributed by atoms with Crippen molar-refractivity contribution in [2.24, 2.45) is 0 Å². The fourth-order valence-electron chi connectivity index (χ4n) is 2.62. The van der Waals surface area contributed by atoms with Gasteiger partial charge in [-0.05, 0) is 24.3 Å². The highest BCUT2D eigenvalue weighted by atomic mass is 35.5. The average molecular weight is 442 g/mol. The van der Waals surface area contributed by atoms with E-state index in [0.29, 0.717) is 11.5 Å². The van der Waals surface area contributed by atoms with Crippen LogP contribution in [-0.2, 0) is 9.84 Å². The van der Waals surface area contributed by atoms with Crippen LogP contribution in [0.2, 0.25) is 5.02 Å². The van der Waals surface area contributed by atoms with Gasteiger partial charge in [0.1, 0.15) is 5.69 Å². The van der Waals surface area contributed by atoms with Crippen molar-refractivity contribution in [2.75, 3.05) is 31.5 Å². The molecule has 29 heavy (non-hydrogen) atoms. The first kappa shape index (κ1) is 20.7. The molecule has 0 spiro atoms. The normalized spacial score (nSPS) is 12.5. The van der Waals surface area contributed by atoms with Gasteiger partial charge in [-0.1, -0.05) is 11.6 Å². The Morgan fingerprint density at radius 1 is 1.24 bits per heavy atom. The van der Waals surface area contributed by atoms with E-state index in [2.05, 4.69) is 10.6 Å². The van der Waals surface area contributed by atoms with Gasteiger partial charge in [0, 0.05) is 31.0 Å². The standard InChI is InChI=1S/C17H16ClN3O7S/c1-29(25,26)11-2-3-13(14(8-11)21(23)24)19-4-5-20-17(22)10-6-12(18)16-15(7-10)27-9-28-16/h2-3,6-8,19H,4-5,9H2,1H3,(H,20,22). The van der Waals surface area contributed by atoms with Crippen molar-refractivity contribution in [3.8, 4) is 11.5 Å². The van der Waals surface area contributed by atoms with Gasteiger partial charge >= 0.3 is 0 Å². The number of nitrogens with one attached hydrogen (secondary N) is 2. The van der Waals surface area contributed by atoms with E-state index < -0.39 is 20.7 Å². The fraction of sp³-hybridized carbons (Fsp3) is 0.235. The molecule has 2 N–H and O–H groups in total. The van der Waals surface area contributed by atoms with E-state index in [9.17, 15) is 23.3 Å². The molecule has 154 valence electrons. The Morgan fingerprint density at radius 2 is 2.00 bits per heavy atom. The van der Waals surface area contributed by atoms with Crippen LogP contribution in [0.25, 0.3) is 0 Å². The number of rotatable bonds is 7. The summed E-state index contributed by atoms with van der Waals surface area (Å²) >= 11 is 6.05. The van der Waals surface area contributed by atoms with Gasteiger partial charge < -0.3 is 20.1 Å². The second-order valence-electron chi connectivity index (χ2n) is 6.08. The molecule has 1 amide bonds. The van der Waals surface area contributed by atoms with Crippen molar-refractivity contribution in [3.05, 3.63) is 51.0 Å². The molecule has 0 fully saturated rings. The molecular formula is C17H16ClN3O7S. The summed E-state index contributed by atoms with van der Waals surface area (Å²) in [5.74, 6) is 0.353. The molecule has 0 atom stereocenters. The number of fused-ring (bicyclic) bond motifs is 1. The summed E-state index contributed by atoms with van der Waals surface area (Å²) in [5.41, 5.74) is 0.0484. The lowest BCUT2D eigenvalue weighted by atomic mass is 10.2. The number of carbonyl (C=O) groups is 1. The molecule has 2 aromatic rings. The predicted octanol–water partition coefficient (Wildman–Crippen LogP) is 2.22. The van der Waals surface area contributed by atoms with Crippen molar-refractivity contribution in [2.45, 2.75) is 4.90 Å². The minimum atomic E-state index is -3.57. The molecule has 0 saturated heterocycles. The van der Waals surface area contributed by atoms with E-state index in [1.165, 1.54) is 24.3 Å². The maximum Gasteiger partial charge on any atom is 0.293 e. The molecule has 0 bridgehead atoms. The SMILES string of the molecule is CS(=O)(=O)c1ccc(NCCNC(=O)c2cc(Cl)c3c(c2)OCO3)c([N+](=O)[O-])c1. The summed E-state index contributed by atoms with van der Waals surface area (Å²) < 4.78 is 33.5. The Balaban J connectivity index is 1.61. The fourth-order valence-corrected chi connectivity index (χ4v) is 3.52. The molecule has 10 nitrogen and oxygen atoms in total. The molecule has 0 radical (unpaired) electrons. The summed E-state index contributed by atoms with van der Waals surface area (Å²) in [6, 6.07) is 6.54. The maximum atomic E-state index is 12.3. The average Bonchev–Trinajstić information content (AvgIpc) is 3.13. The predicted molar refractivity (Wildman–Crippen MR) is 105 cm³/mol. The second kappa shape index (κ2) is 8.13. The number of amides is 1.